The Morgan fingerprint density at radius 2 is 1.71 bits per heavy atom. The number of para-hydroxylation sites is 1. The van der Waals surface area contributed by atoms with Gasteiger partial charge in [0, 0.05) is 35.7 Å². The standard InChI is InChI=1S/C26H19F3N4O2/c1-16-14-17-10-13-31-24(32-15-18-11-12-30-22-5-3-2-4-21(18)22)23(17)25(34)33(16)19-6-8-20(9-7-19)35-26(27,28)29/h2-14H,15H2,1H3,(H,31,32). The second-order valence-electron chi connectivity index (χ2n) is 7.93. The molecular formula is C26H19F3N4O2. The van der Waals surface area contributed by atoms with Gasteiger partial charge in [0.1, 0.15) is 11.6 Å². The van der Waals surface area contributed by atoms with Crippen molar-refractivity contribution in [1.82, 2.24) is 14.5 Å². The summed E-state index contributed by atoms with van der Waals surface area (Å²) in [5.74, 6) is 0.0560. The first kappa shape index (κ1) is 22.4. The third kappa shape index (κ3) is 4.52. The maximum absolute atomic E-state index is 13.6. The molecule has 0 radical (unpaired) electrons. The van der Waals surface area contributed by atoms with E-state index in [1.54, 1.807) is 25.4 Å². The van der Waals surface area contributed by atoms with Gasteiger partial charge in [0.05, 0.1) is 10.9 Å². The number of aryl methyl sites for hydroxylation is 1. The van der Waals surface area contributed by atoms with Gasteiger partial charge in [-0.25, -0.2) is 4.98 Å². The van der Waals surface area contributed by atoms with E-state index < -0.39 is 6.36 Å². The lowest BCUT2D eigenvalue weighted by Gasteiger charge is -2.15. The number of benzene rings is 2. The first-order valence-electron chi connectivity index (χ1n) is 10.7. The van der Waals surface area contributed by atoms with Crippen LogP contribution in [0.5, 0.6) is 5.75 Å². The number of pyridine rings is 3. The number of anilines is 1. The molecule has 9 heteroatoms. The lowest BCUT2D eigenvalue weighted by Crippen LogP contribution is -2.22. The van der Waals surface area contributed by atoms with Gasteiger partial charge < -0.3 is 10.1 Å². The van der Waals surface area contributed by atoms with E-state index in [1.807, 2.05) is 36.4 Å². The molecule has 5 rings (SSSR count). The second kappa shape index (κ2) is 8.75. The molecule has 2 aromatic carbocycles. The number of nitrogens with one attached hydrogen (secondary N) is 1. The Balaban J connectivity index is 1.53. The van der Waals surface area contributed by atoms with Crippen molar-refractivity contribution in [3.05, 3.63) is 101 Å². The van der Waals surface area contributed by atoms with E-state index in [4.69, 9.17) is 0 Å². The number of hydrogen-bond donors (Lipinski definition) is 1. The van der Waals surface area contributed by atoms with Crippen molar-refractivity contribution in [2.45, 2.75) is 19.8 Å². The van der Waals surface area contributed by atoms with Gasteiger partial charge >= 0.3 is 6.36 Å². The van der Waals surface area contributed by atoms with Crippen molar-refractivity contribution < 1.29 is 17.9 Å². The summed E-state index contributed by atoms with van der Waals surface area (Å²) in [5, 5.41) is 5.36. The highest BCUT2D eigenvalue weighted by Crippen LogP contribution is 2.26. The summed E-state index contributed by atoms with van der Waals surface area (Å²) in [6, 6.07) is 18.5. The number of hydrogen-bond acceptors (Lipinski definition) is 5. The second-order valence-corrected chi connectivity index (χ2v) is 7.93. The van der Waals surface area contributed by atoms with Crippen LogP contribution >= 0.6 is 0 Å². The average Bonchev–Trinajstić information content (AvgIpc) is 2.82. The van der Waals surface area contributed by atoms with E-state index in [0.717, 1.165) is 16.5 Å². The monoisotopic (exact) mass is 476 g/mol. The number of fused-ring (bicyclic) bond motifs is 2. The maximum atomic E-state index is 13.6. The molecule has 176 valence electrons. The first-order chi connectivity index (χ1) is 16.8. The molecule has 0 saturated heterocycles. The molecule has 6 nitrogen and oxygen atoms in total. The van der Waals surface area contributed by atoms with Crippen LogP contribution < -0.4 is 15.6 Å². The van der Waals surface area contributed by atoms with Crippen molar-refractivity contribution in [1.29, 1.82) is 0 Å². The van der Waals surface area contributed by atoms with E-state index in [9.17, 15) is 18.0 Å². The predicted molar refractivity (Wildman–Crippen MR) is 128 cm³/mol. The lowest BCUT2D eigenvalue weighted by atomic mass is 10.1. The zero-order chi connectivity index (χ0) is 24.6. The fourth-order valence-corrected chi connectivity index (χ4v) is 4.12. The number of ether oxygens (including phenoxy) is 1. The van der Waals surface area contributed by atoms with Crippen LogP contribution in [0.1, 0.15) is 11.3 Å². The molecule has 0 unspecified atom stereocenters. The average molecular weight is 476 g/mol. The Labute approximate surface area is 197 Å². The third-order valence-electron chi connectivity index (χ3n) is 5.63. The highest BCUT2D eigenvalue weighted by atomic mass is 19.4. The van der Waals surface area contributed by atoms with Gasteiger partial charge in [-0.05, 0) is 66.4 Å². The zero-order valence-electron chi connectivity index (χ0n) is 18.5. The summed E-state index contributed by atoms with van der Waals surface area (Å²) in [5.41, 5.74) is 2.58. The minimum Gasteiger partial charge on any atom is -0.406 e. The van der Waals surface area contributed by atoms with Gasteiger partial charge in [0.2, 0.25) is 0 Å². The predicted octanol–water partition coefficient (Wildman–Crippen LogP) is 5.75. The smallest absolute Gasteiger partial charge is 0.406 e. The van der Waals surface area contributed by atoms with Crippen LogP contribution in [0.2, 0.25) is 0 Å². The SMILES string of the molecule is Cc1cc2ccnc(NCc3ccnc4ccccc34)c2c(=O)n1-c1ccc(OC(F)(F)F)cc1. The molecule has 5 aromatic rings. The van der Waals surface area contributed by atoms with Gasteiger partial charge in [0.25, 0.3) is 5.56 Å². The lowest BCUT2D eigenvalue weighted by molar-refractivity contribution is -0.274. The summed E-state index contributed by atoms with van der Waals surface area (Å²) < 4.78 is 42.9. The molecule has 1 N–H and O–H groups in total. The van der Waals surface area contributed by atoms with Crippen LogP contribution in [0.25, 0.3) is 27.4 Å². The van der Waals surface area contributed by atoms with Crippen molar-refractivity contribution in [2.24, 2.45) is 0 Å². The first-order valence-corrected chi connectivity index (χ1v) is 10.7. The number of rotatable bonds is 5. The molecular weight excluding hydrogens is 457 g/mol. The van der Waals surface area contributed by atoms with Crippen LogP contribution in [-0.4, -0.2) is 20.9 Å². The Morgan fingerprint density at radius 1 is 0.971 bits per heavy atom. The minimum absolute atomic E-state index is 0.334. The van der Waals surface area contributed by atoms with Gasteiger partial charge in [-0.2, -0.15) is 0 Å². The highest BCUT2D eigenvalue weighted by molar-refractivity contribution is 5.92. The molecule has 0 aliphatic carbocycles. The molecule has 0 aliphatic rings. The van der Waals surface area contributed by atoms with Crippen LogP contribution in [-0.2, 0) is 6.54 Å². The largest absolute Gasteiger partial charge is 0.573 e. The molecule has 0 aliphatic heterocycles. The molecule has 0 saturated carbocycles. The van der Waals surface area contributed by atoms with Gasteiger partial charge in [0.15, 0.2) is 0 Å². The summed E-state index contributed by atoms with van der Waals surface area (Å²) in [6.07, 6.45) is -1.43. The number of nitrogens with zero attached hydrogens (tertiary/aromatic N) is 3. The molecule has 0 spiro atoms. The van der Waals surface area contributed by atoms with Crippen LogP contribution in [0, 0.1) is 6.92 Å². The Bertz CT molecular complexity index is 1590. The van der Waals surface area contributed by atoms with Crippen LogP contribution in [0.4, 0.5) is 19.0 Å². The quantitative estimate of drug-likeness (QED) is 0.350. The van der Waals surface area contributed by atoms with E-state index in [0.29, 0.717) is 34.5 Å². The molecule has 3 aromatic heterocycles. The zero-order valence-corrected chi connectivity index (χ0v) is 18.5. The van der Waals surface area contributed by atoms with Gasteiger partial charge in [-0.15, -0.1) is 13.2 Å². The summed E-state index contributed by atoms with van der Waals surface area (Å²) in [4.78, 5) is 22.3. The van der Waals surface area contributed by atoms with E-state index >= 15 is 0 Å². The molecule has 3 heterocycles. The van der Waals surface area contributed by atoms with Crippen molar-refractivity contribution >= 4 is 27.5 Å². The third-order valence-corrected chi connectivity index (χ3v) is 5.63. The summed E-state index contributed by atoms with van der Waals surface area (Å²) >= 11 is 0. The Hall–Kier alpha value is -4.40. The number of alkyl halides is 3. The number of halogens is 3. The van der Waals surface area contributed by atoms with Crippen molar-refractivity contribution in [2.75, 3.05) is 5.32 Å². The van der Waals surface area contributed by atoms with Gasteiger partial charge in [-0.3, -0.25) is 14.3 Å². The van der Waals surface area contributed by atoms with E-state index in [1.165, 1.54) is 28.8 Å². The van der Waals surface area contributed by atoms with Crippen LogP contribution in [0.15, 0.2) is 83.9 Å². The molecule has 35 heavy (non-hydrogen) atoms. The molecule has 0 atom stereocenters. The fourth-order valence-electron chi connectivity index (χ4n) is 4.12. The van der Waals surface area contributed by atoms with E-state index in [2.05, 4.69) is 20.0 Å². The topological polar surface area (TPSA) is 69.0 Å². The summed E-state index contributed by atoms with van der Waals surface area (Å²) in [7, 11) is 0. The van der Waals surface area contributed by atoms with E-state index in [-0.39, 0.29) is 11.3 Å². The molecule has 0 fully saturated rings. The molecule has 0 amide bonds. The Morgan fingerprint density at radius 3 is 2.49 bits per heavy atom. The minimum atomic E-state index is -4.79. The van der Waals surface area contributed by atoms with Crippen molar-refractivity contribution in [3.63, 3.8) is 0 Å². The normalized spacial score (nSPS) is 11.7. The fraction of sp³-hybridized carbons (Fsp3) is 0.115. The summed E-state index contributed by atoms with van der Waals surface area (Å²) in [6.45, 7) is 2.18. The van der Waals surface area contributed by atoms with Gasteiger partial charge in [-0.1, -0.05) is 18.2 Å². The van der Waals surface area contributed by atoms with Crippen LogP contribution in [0.3, 0.4) is 0 Å². The molecule has 0 bridgehead atoms. The number of aromatic nitrogens is 3. The highest BCUT2D eigenvalue weighted by Gasteiger charge is 2.31. The van der Waals surface area contributed by atoms with Crippen molar-refractivity contribution in [3.8, 4) is 11.4 Å². The Kier molecular flexibility index (Phi) is 5.60. The maximum Gasteiger partial charge on any atom is 0.573 e.